The number of hydrogen-bond acceptors (Lipinski definition) is 4. The molecule has 1 aliphatic heterocycles. The van der Waals surface area contributed by atoms with E-state index in [2.05, 4.69) is 4.90 Å². The van der Waals surface area contributed by atoms with Crippen molar-refractivity contribution in [3.05, 3.63) is 35.6 Å². The number of benzene rings is 1. The normalized spacial score (nSPS) is 26.9. The zero-order valence-corrected chi connectivity index (χ0v) is 21.1. The molecule has 2 aliphatic carbocycles. The molecule has 1 saturated heterocycles. The number of nitrogens with zero attached hydrogens (tertiary/aromatic N) is 4. The predicted molar refractivity (Wildman–Crippen MR) is 131 cm³/mol. The monoisotopic (exact) mass is 487 g/mol. The average Bonchev–Trinajstić information content (AvgIpc) is 3.01. The molecule has 1 heterocycles. The van der Waals surface area contributed by atoms with Crippen LogP contribution >= 0.6 is 0 Å². The standard InChI is InChI=1S/C26H38FN5O3/c1-29(2)26(20-8-5-9-21(27)14-20)12-10-25(11-13-26)18-31(17-23(34)30(3)16-22(28)33)24(35)32(25)15-19-6-4-7-19/h5,8-9,14,19H,4,6-7,10-13,15-18H2,1-3H3,(H2,28,33)/t25-,26+. The van der Waals surface area contributed by atoms with E-state index in [9.17, 15) is 18.8 Å². The van der Waals surface area contributed by atoms with Crippen molar-refractivity contribution in [2.75, 3.05) is 47.3 Å². The van der Waals surface area contributed by atoms with E-state index < -0.39 is 5.91 Å². The maximum Gasteiger partial charge on any atom is 0.321 e. The second-order valence-electron chi connectivity index (χ2n) is 10.9. The van der Waals surface area contributed by atoms with Crippen LogP contribution in [0.1, 0.15) is 50.5 Å². The van der Waals surface area contributed by atoms with E-state index in [4.69, 9.17) is 5.73 Å². The number of likely N-dealkylation sites (N-methyl/N-ethyl adjacent to an activating group) is 1. The molecule has 3 aliphatic rings. The third kappa shape index (κ3) is 4.87. The predicted octanol–water partition coefficient (Wildman–Crippen LogP) is 2.38. The molecule has 3 fully saturated rings. The van der Waals surface area contributed by atoms with Gasteiger partial charge in [-0.1, -0.05) is 18.6 Å². The summed E-state index contributed by atoms with van der Waals surface area (Å²) in [6.45, 7) is 0.974. The van der Waals surface area contributed by atoms with Gasteiger partial charge < -0.3 is 20.4 Å². The lowest BCUT2D eigenvalue weighted by Gasteiger charge is -2.51. The number of rotatable bonds is 8. The highest BCUT2D eigenvalue weighted by Gasteiger charge is 2.55. The van der Waals surface area contributed by atoms with Gasteiger partial charge in [-0.05, 0) is 76.2 Å². The van der Waals surface area contributed by atoms with Crippen LogP contribution < -0.4 is 5.73 Å². The Bertz CT molecular complexity index is 971. The van der Waals surface area contributed by atoms with Gasteiger partial charge in [0.2, 0.25) is 11.8 Å². The van der Waals surface area contributed by atoms with Crippen molar-refractivity contribution >= 4 is 17.8 Å². The first-order chi connectivity index (χ1) is 16.6. The molecule has 4 amide bonds. The minimum absolute atomic E-state index is 0.0613. The van der Waals surface area contributed by atoms with Gasteiger partial charge >= 0.3 is 6.03 Å². The van der Waals surface area contributed by atoms with Gasteiger partial charge in [0.1, 0.15) is 12.4 Å². The van der Waals surface area contributed by atoms with Gasteiger partial charge in [-0.25, -0.2) is 9.18 Å². The smallest absolute Gasteiger partial charge is 0.321 e. The number of carbonyl (C=O) groups is 3. The Labute approximate surface area is 207 Å². The third-order valence-corrected chi connectivity index (χ3v) is 8.60. The second-order valence-corrected chi connectivity index (χ2v) is 10.9. The SMILES string of the molecule is CN(CC(N)=O)C(=O)CN1C[C@]2(CC[C@](c3cccc(F)c3)(N(C)C)CC2)N(CC2CCC2)C1=O. The molecule has 8 nitrogen and oxygen atoms in total. The molecule has 0 bridgehead atoms. The van der Waals surface area contributed by atoms with E-state index in [1.165, 1.54) is 24.4 Å². The topological polar surface area (TPSA) is 90.2 Å². The van der Waals surface area contributed by atoms with Crippen molar-refractivity contribution in [3.8, 4) is 0 Å². The van der Waals surface area contributed by atoms with Crippen LogP contribution in [-0.4, -0.2) is 90.3 Å². The van der Waals surface area contributed by atoms with Crippen LogP contribution in [-0.2, 0) is 15.1 Å². The van der Waals surface area contributed by atoms with Crippen LogP contribution in [0.5, 0.6) is 0 Å². The molecule has 35 heavy (non-hydrogen) atoms. The molecule has 0 unspecified atom stereocenters. The third-order valence-electron chi connectivity index (χ3n) is 8.60. The van der Waals surface area contributed by atoms with Gasteiger partial charge in [0.05, 0.1) is 12.1 Å². The summed E-state index contributed by atoms with van der Waals surface area (Å²) in [5, 5.41) is 0. The number of primary amides is 1. The van der Waals surface area contributed by atoms with Crippen molar-refractivity contribution in [1.82, 2.24) is 19.6 Å². The molecular weight excluding hydrogens is 449 g/mol. The summed E-state index contributed by atoms with van der Waals surface area (Å²) in [7, 11) is 5.60. The average molecular weight is 488 g/mol. The number of amides is 4. The summed E-state index contributed by atoms with van der Waals surface area (Å²) in [5.74, 6) is -0.610. The molecule has 0 radical (unpaired) electrons. The first-order valence-electron chi connectivity index (χ1n) is 12.6. The van der Waals surface area contributed by atoms with E-state index in [1.807, 2.05) is 25.1 Å². The van der Waals surface area contributed by atoms with E-state index in [-0.39, 0.29) is 41.9 Å². The lowest BCUT2D eigenvalue weighted by atomic mass is 9.68. The first-order valence-corrected chi connectivity index (χ1v) is 12.6. The molecular formula is C26H38FN5O3. The molecule has 1 spiro atoms. The Morgan fingerprint density at radius 2 is 1.83 bits per heavy atom. The zero-order valence-electron chi connectivity index (χ0n) is 21.1. The molecule has 2 saturated carbocycles. The Hall–Kier alpha value is -2.68. The first kappa shape index (κ1) is 25.4. The van der Waals surface area contributed by atoms with Gasteiger partial charge in [0, 0.05) is 25.7 Å². The lowest BCUT2D eigenvalue weighted by molar-refractivity contribution is -0.134. The molecule has 2 N–H and O–H groups in total. The molecule has 0 aromatic heterocycles. The highest BCUT2D eigenvalue weighted by atomic mass is 19.1. The van der Waals surface area contributed by atoms with Crippen molar-refractivity contribution in [2.24, 2.45) is 11.7 Å². The van der Waals surface area contributed by atoms with Gasteiger partial charge in [-0.15, -0.1) is 0 Å². The minimum Gasteiger partial charge on any atom is -0.368 e. The summed E-state index contributed by atoms with van der Waals surface area (Å²) >= 11 is 0. The number of hydrogen-bond donors (Lipinski definition) is 1. The number of carbonyl (C=O) groups excluding carboxylic acids is 3. The summed E-state index contributed by atoms with van der Waals surface area (Å²) in [4.78, 5) is 44.7. The highest BCUT2D eigenvalue weighted by Crippen LogP contribution is 2.49. The summed E-state index contributed by atoms with van der Waals surface area (Å²) in [6, 6.07) is 6.76. The highest BCUT2D eigenvalue weighted by molar-refractivity contribution is 5.88. The Morgan fingerprint density at radius 3 is 2.37 bits per heavy atom. The zero-order chi connectivity index (χ0) is 25.4. The molecule has 1 aromatic rings. The van der Waals surface area contributed by atoms with Gasteiger partial charge in [-0.3, -0.25) is 14.5 Å². The minimum atomic E-state index is -0.582. The molecule has 1 aromatic carbocycles. The summed E-state index contributed by atoms with van der Waals surface area (Å²) in [6.07, 6.45) is 6.60. The fourth-order valence-corrected chi connectivity index (χ4v) is 6.15. The van der Waals surface area contributed by atoms with Crippen LogP contribution in [0.25, 0.3) is 0 Å². The van der Waals surface area contributed by atoms with Crippen molar-refractivity contribution in [1.29, 1.82) is 0 Å². The number of nitrogens with two attached hydrogens (primary N) is 1. The molecule has 4 rings (SSSR count). The largest absolute Gasteiger partial charge is 0.368 e. The van der Waals surface area contributed by atoms with E-state index >= 15 is 0 Å². The Morgan fingerprint density at radius 1 is 1.14 bits per heavy atom. The maximum atomic E-state index is 14.1. The second kappa shape index (κ2) is 9.76. The van der Waals surface area contributed by atoms with Crippen LogP contribution in [0.4, 0.5) is 9.18 Å². The summed E-state index contributed by atoms with van der Waals surface area (Å²) < 4.78 is 14.1. The van der Waals surface area contributed by atoms with Gasteiger partial charge in [0.25, 0.3) is 0 Å². The Kier molecular flexibility index (Phi) is 7.09. The maximum absolute atomic E-state index is 14.1. The van der Waals surface area contributed by atoms with Gasteiger partial charge in [-0.2, -0.15) is 0 Å². The molecule has 192 valence electrons. The van der Waals surface area contributed by atoms with Crippen LogP contribution in [0, 0.1) is 11.7 Å². The van der Waals surface area contributed by atoms with E-state index in [0.717, 1.165) is 50.6 Å². The fraction of sp³-hybridized carbons (Fsp3) is 0.654. The van der Waals surface area contributed by atoms with Crippen LogP contribution in [0.2, 0.25) is 0 Å². The summed E-state index contributed by atoms with van der Waals surface area (Å²) in [5.41, 5.74) is 5.55. The number of urea groups is 1. The van der Waals surface area contributed by atoms with Crippen molar-refractivity contribution in [3.63, 3.8) is 0 Å². The van der Waals surface area contributed by atoms with Gasteiger partial charge in [0.15, 0.2) is 0 Å². The van der Waals surface area contributed by atoms with E-state index in [0.29, 0.717) is 12.5 Å². The van der Waals surface area contributed by atoms with Crippen molar-refractivity contribution in [2.45, 2.75) is 56.0 Å². The van der Waals surface area contributed by atoms with Crippen LogP contribution in [0.15, 0.2) is 24.3 Å². The lowest BCUT2D eigenvalue weighted by Crippen LogP contribution is -2.56. The molecule has 9 heteroatoms. The fourth-order valence-electron chi connectivity index (χ4n) is 6.15. The van der Waals surface area contributed by atoms with E-state index in [1.54, 1.807) is 17.0 Å². The van der Waals surface area contributed by atoms with Crippen LogP contribution in [0.3, 0.4) is 0 Å². The quantitative estimate of drug-likeness (QED) is 0.610. The van der Waals surface area contributed by atoms with Crippen molar-refractivity contribution < 1.29 is 18.8 Å². The molecule has 0 atom stereocenters. The Balaban J connectivity index is 1.56. The number of halogens is 1.